The summed E-state index contributed by atoms with van der Waals surface area (Å²) in [5.74, 6) is 0.947. The first-order chi connectivity index (χ1) is 9.16. The molecule has 102 valence electrons. The molecule has 1 saturated heterocycles. The van der Waals surface area contributed by atoms with E-state index in [-0.39, 0.29) is 5.91 Å². The Kier molecular flexibility index (Phi) is 3.66. The number of nitrogens with zero attached hydrogens (tertiary/aromatic N) is 1. The highest BCUT2D eigenvalue weighted by molar-refractivity contribution is 9.10. The molecule has 0 aromatic heterocycles. The van der Waals surface area contributed by atoms with Crippen LogP contribution in [0.4, 0.5) is 0 Å². The third kappa shape index (κ3) is 2.45. The minimum absolute atomic E-state index is 0.211. The lowest BCUT2D eigenvalue weighted by Gasteiger charge is -2.33. The van der Waals surface area contributed by atoms with Gasteiger partial charge in [0.15, 0.2) is 0 Å². The van der Waals surface area contributed by atoms with Crippen LogP contribution in [0.25, 0.3) is 0 Å². The van der Waals surface area contributed by atoms with Crippen molar-refractivity contribution in [2.75, 3.05) is 0 Å². The molecule has 3 unspecified atom stereocenters. The summed E-state index contributed by atoms with van der Waals surface area (Å²) in [6.45, 7) is 2.20. The number of rotatable bonds is 1. The Morgan fingerprint density at radius 3 is 2.89 bits per heavy atom. The van der Waals surface area contributed by atoms with Crippen LogP contribution in [0, 0.1) is 5.92 Å². The first-order valence-electron chi connectivity index (χ1n) is 7.25. The number of hydrogen-bond acceptors (Lipinski definition) is 1. The fourth-order valence-electron chi connectivity index (χ4n) is 3.83. The topological polar surface area (TPSA) is 20.3 Å². The van der Waals surface area contributed by atoms with Crippen LogP contribution in [0.3, 0.4) is 0 Å². The molecule has 0 bridgehead atoms. The number of likely N-dealkylation sites (tertiary alicyclic amines) is 1. The maximum atomic E-state index is 12.8. The third-order valence-electron chi connectivity index (χ3n) is 4.65. The van der Waals surface area contributed by atoms with Gasteiger partial charge < -0.3 is 4.90 Å². The minimum Gasteiger partial charge on any atom is -0.333 e. The largest absolute Gasteiger partial charge is 0.333 e. The Labute approximate surface area is 123 Å². The van der Waals surface area contributed by atoms with Crippen molar-refractivity contribution in [1.82, 2.24) is 4.90 Å². The zero-order valence-corrected chi connectivity index (χ0v) is 12.9. The van der Waals surface area contributed by atoms with Crippen LogP contribution in [0.15, 0.2) is 28.7 Å². The quantitative estimate of drug-likeness (QED) is 0.757. The molecule has 1 saturated carbocycles. The van der Waals surface area contributed by atoms with Crippen molar-refractivity contribution in [2.45, 2.75) is 51.1 Å². The fraction of sp³-hybridized carbons (Fsp3) is 0.562. The van der Waals surface area contributed by atoms with E-state index >= 15 is 0 Å². The van der Waals surface area contributed by atoms with Crippen molar-refractivity contribution in [1.29, 1.82) is 0 Å². The third-order valence-corrected chi connectivity index (χ3v) is 5.14. The van der Waals surface area contributed by atoms with E-state index in [1.165, 1.54) is 32.1 Å². The maximum absolute atomic E-state index is 12.8. The summed E-state index contributed by atoms with van der Waals surface area (Å²) in [6, 6.07) is 8.64. The Morgan fingerprint density at radius 2 is 2.11 bits per heavy atom. The van der Waals surface area contributed by atoms with E-state index in [2.05, 4.69) is 27.8 Å². The van der Waals surface area contributed by atoms with Crippen LogP contribution >= 0.6 is 15.9 Å². The van der Waals surface area contributed by atoms with Crippen molar-refractivity contribution >= 4 is 21.8 Å². The first kappa shape index (κ1) is 13.2. The lowest BCUT2D eigenvalue weighted by atomic mass is 9.85. The van der Waals surface area contributed by atoms with E-state index in [4.69, 9.17) is 0 Å². The van der Waals surface area contributed by atoms with Gasteiger partial charge in [-0.3, -0.25) is 4.79 Å². The number of carbonyl (C=O) groups excluding carboxylic acids is 1. The molecular formula is C16H20BrNO. The van der Waals surface area contributed by atoms with Gasteiger partial charge in [-0.05, 0) is 50.3 Å². The van der Waals surface area contributed by atoms with E-state index in [0.717, 1.165) is 16.0 Å². The number of fused-ring (bicyclic) bond motifs is 1. The normalized spacial score (nSPS) is 30.2. The molecule has 2 aliphatic rings. The molecular weight excluding hydrogens is 302 g/mol. The van der Waals surface area contributed by atoms with Gasteiger partial charge in [0, 0.05) is 22.1 Å². The number of benzene rings is 1. The number of amides is 1. The van der Waals surface area contributed by atoms with Gasteiger partial charge in [-0.15, -0.1) is 0 Å². The van der Waals surface area contributed by atoms with Crippen molar-refractivity contribution < 1.29 is 4.79 Å². The predicted octanol–water partition coefficient (Wildman–Crippen LogP) is 4.24. The molecule has 3 atom stereocenters. The average molecular weight is 322 g/mol. The highest BCUT2D eigenvalue weighted by Crippen LogP contribution is 2.40. The fourth-order valence-corrected chi connectivity index (χ4v) is 4.23. The summed E-state index contributed by atoms with van der Waals surface area (Å²) in [7, 11) is 0. The molecule has 19 heavy (non-hydrogen) atoms. The van der Waals surface area contributed by atoms with Crippen molar-refractivity contribution in [2.24, 2.45) is 5.92 Å². The molecule has 0 radical (unpaired) electrons. The van der Waals surface area contributed by atoms with E-state index in [1.54, 1.807) is 0 Å². The van der Waals surface area contributed by atoms with Crippen LogP contribution in [-0.2, 0) is 0 Å². The first-order valence-corrected chi connectivity index (χ1v) is 8.04. The SMILES string of the molecule is CC1CC2CCCCC2N1C(=O)c1cccc(Br)c1. The molecule has 1 aliphatic carbocycles. The summed E-state index contributed by atoms with van der Waals surface area (Å²) in [5.41, 5.74) is 0.812. The predicted molar refractivity (Wildman–Crippen MR) is 80.1 cm³/mol. The summed E-state index contributed by atoms with van der Waals surface area (Å²) in [5, 5.41) is 0. The monoisotopic (exact) mass is 321 g/mol. The second-order valence-corrected chi connectivity index (χ2v) is 6.84. The van der Waals surface area contributed by atoms with E-state index in [1.807, 2.05) is 24.3 Å². The van der Waals surface area contributed by atoms with Crippen LogP contribution < -0.4 is 0 Å². The van der Waals surface area contributed by atoms with Crippen molar-refractivity contribution in [3.63, 3.8) is 0 Å². The van der Waals surface area contributed by atoms with E-state index < -0.39 is 0 Å². The maximum Gasteiger partial charge on any atom is 0.254 e. The van der Waals surface area contributed by atoms with Crippen LogP contribution in [0.5, 0.6) is 0 Å². The second kappa shape index (κ2) is 5.28. The lowest BCUT2D eigenvalue weighted by Crippen LogP contribution is -2.42. The lowest BCUT2D eigenvalue weighted by molar-refractivity contribution is 0.0633. The van der Waals surface area contributed by atoms with Gasteiger partial charge in [-0.2, -0.15) is 0 Å². The average Bonchev–Trinajstić information content (AvgIpc) is 2.74. The standard InChI is InChI=1S/C16H20BrNO/c1-11-9-12-5-2-3-8-15(12)18(11)16(19)13-6-4-7-14(17)10-13/h4,6-7,10-12,15H,2-3,5,8-9H2,1H3. The van der Waals surface area contributed by atoms with E-state index in [0.29, 0.717) is 12.1 Å². The molecule has 0 N–H and O–H groups in total. The van der Waals surface area contributed by atoms with Crippen LogP contribution in [0.1, 0.15) is 49.4 Å². The Bertz CT molecular complexity index is 487. The van der Waals surface area contributed by atoms with Crippen molar-refractivity contribution in [3.05, 3.63) is 34.3 Å². The number of halogens is 1. The Hall–Kier alpha value is -0.830. The molecule has 1 heterocycles. The summed E-state index contributed by atoms with van der Waals surface area (Å²) < 4.78 is 0.977. The molecule has 3 heteroatoms. The molecule has 1 aliphatic heterocycles. The molecule has 1 aromatic rings. The molecule has 1 aromatic carbocycles. The zero-order chi connectivity index (χ0) is 13.4. The number of carbonyl (C=O) groups is 1. The Morgan fingerprint density at radius 1 is 1.32 bits per heavy atom. The molecule has 3 rings (SSSR count). The Balaban J connectivity index is 1.86. The smallest absolute Gasteiger partial charge is 0.254 e. The summed E-state index contributed by atoms with van der Waals surface area (Å²) >= 11 is 3.45. The van der Waals surface area contributed by atoms with Gasteiger partial charge in [0.2, 0.25) is 0 Å². The molecule has 1 amide bonds. The second-order valence-electron chi connectivity index (χ2n) is 5.92. The molecule has 2 fully saturated rings. The minimum atomic E-state index is 0.211. The molecule has 0 spiro atoms. The van der Waals surface area contributed by atoms with Crippen LogP contribution in [0.2, 0.25) is 0 Å². The van der Waals surface area contributed by atoms with E-state index in [9.17, 15) is 4.79 Å². The van der Waals surface area contributed by atoms with Gasteiger partial charge in [0.05, 0.1) is 0 Å². The van der Waals surface area contributed by atoms with Crippen LogP contribution in [-0.4, -0.2) is 22.9 Å². The molecule has 2 nitrogen and oxygen atoms in total. The zero-order valence-electron chi connectivity index (χ0n) is 11.3. The number of hydrogen-bond donors (Lipinski definition) is 0. The summed E-state index contributed by atoms with van der Waals surface area (Å²) in [6.07, 6.45) is 6.29. The van der Waals surface area contributed by atoms with Gasteiger partial charge in [0.25, 0.3) is 5.91 Å². The van der Waals surface area contributed by atoms with Gasteiger partial charge in [-0.25, -0.2) is 0 Å². The van der Waals surface area contributed by atoms with Gasteiger partial charge in [0.1, 0.15) is 0 Å². The van der Waals surface area contributed by atoms with Gasteiger partial charge >= 0.3 is 0 Å². The van der Waals surface area contributed by atoms with Crippen molar-refractivity contribution in [3.8, 4) is 0 Å². The highest BCUT2D eigenvalue weighted by Gasteiger charge is 2.42. The van der Waals surface area contributed by atoms with Gasteiger partial charge in [-0.1, -0.05) is 34.8 Å². The highest BCUT2D eigenvalue weighted by atomic mass is 79.9. The summed E-state index contributed by atoms with van der Waals surface area (Å²) in [4.78, 5) is 14.9.